The zero-order valence-corrected chi connectivity index (χ0v) is 19.7. The average Bonchev–Trinajstić information content (AvgIpc) is 2.68. The van der Waals surface area contributed by atoms with Crippen molar-refractivity contribution < 1.29 is 4.79 Å². The monoisotopic (exact) mass is 447 g/mol. The zero-order chi connectivity index (χ0) is 21.9. The molecule has 3 rings (SSSR count). The van der Waals surface area contributed by atoms with Gasteiger partial charge < -0.3 is 15.1 Å². The van der Waals surface area contributed by atoms with Crippen molar-refractivity contribution >= 4 is 29.2 Å². The summed E-state index contributed by atoms with van der Waals surface area (Å²) in [6.45, 7) is 8.93. The molecule has 0 spiro atoms. The van der Waals surface area contributed by atoms with Gasteiger partial charge in [-0.15, -0.1) is 0 Å². The van der Waals surface area contributed by atoms with Gasteiger partial charge in [-0.2, -0.15) is 0 Å². The summed E-state index contributed by atoms with van der Waals surface area (Å²) in [4.78, 5) is 17.9. The first-order chi connectivity index (χ1) is 14.2. The number of piperidine rings is 1. The van der Waals surface area contributed by atoms with Gasteiger partial charge in [-0.1, -0.05) is 79.5 Å². The van der Waals surface area contributed by atoms with Gasteiger partial charge in [0, 0.05) is 19.1 Å². The zero-order valence-electron chi connectivity index (χ0n) is 18.2. The van der Waals surface area contributed by atoms with E-state index in [2.05, 4.69) is 43.2 Å². The first-order valence-corrected chi connectivity index (χ1v) is 11.2. The second kappa shape index (κ2) is 9.59. The van der Waals surface area contributed by atoms with Crippen LogP contribution in [0.4, 0.5) is 4.79 Å². The number of halogens is 2. The van der Waals surface area contributed by atoms with Crippen LogP contribution >= 0.6 is 23.2 Å². The molecule has 1 fully saturated rings. The molecule has 1 saturated heterocycles. The maximum Gasteiger partial charge on any atom is 0.318 e. The first-order valence-electron chi connectivity index (χ1n) is 10.4. The van der Waals surface area contributed by atoms with Crippen LogP contribution in [0.5, 0.6) is 0 Å². The number of rotatable bonds is 5. The van der Waals surface area contributed by atoms with Crippen molar-refractivity contribution in [3.63, 3.8) is 0 Å². The highest BCUT2D eigenvalue weighted by atomic mass is 35.5. The largest absolute Gasteiger partial charge is 0.331 e. The van der Waals surface area contributed by atoms with Crippen LogP contribution in [-0.4, -0.2) is 42.0 Å². The van der Waals surface area contributed by atoms with Crippen LogP contribution in [0.1, 0.15) is 44.4 Å². The number of carbonyl (C=O) groups excluding carboxylic acids is 1. The number of hydrogen-bond donors (Lipinski definition) is 1. The molecule has 2 unspecified atom stereocenters. The maximum absolute atomic E-state index is 13.5. The van der Waals surface area contributed by atoms with E-state index in [9.17, 15) is 4.79 Å². The van der Waals surface area contributed by atoms with E-state index in [1.165, 1.54) is 0 Å². The van der Waals surface area contributed by atoms with Gasteiger partial charge in [0.25, 0.3) is 0 Å². The van der Waals surface area contributed by atoms with Crippen molar-refractivity contribution in [1.29, 1.82) is 0 Å². The highest BCUT2D eigenvalue weighted by Gasteiger charge is 2.40. The molecular weight excluding hydrogens is 417 g/mol. The van der Waals surface area contributed by atoms with Gasteiger partial charge in [0.2, 0.25) is 0 Å². The lowest BCUT2D eigenvalue weighted by Crippen LogP contribution is -2.58. The second-order valence-corrected chi connectivity index (χ2v) is 9.74. The normalized spacial score (nSPS) is 19.9. The summed E-state index contributed by atoms with van der Waals surface area (Å²) in [5, 5.41) is 4.14. The molecule has 6 heteroatoms. The Balaban J connectivity index is 1.85. The predicted octanol–water partition coefficient (Wildman–Crippen LogP) is 6.00. The Bertz CT molecular complexity index is 872. The molecule has 2 aromatic rings. The fraction of sp³-hybridized carbons (Fsp3) is 0.458. The lowest BCUT2D eigenvalue weighted by molar-refractivity contribution is 0.0300. The highest BCUT2D eigenvalue weighted by molar-refractivity contribution is 6.42. The van der Waals surface area contributed by atoms with Gasteiger partial charge in [-0.05, 0) is 49.5 Å². The number of benzene rings is 2. The minimum Gasteiger partial charge on any atom is -0.331 e. The highest BCUT2D eigenvalue weighted by Crippen LogP contribution is 2.34. The summed E-state index contributed by atoms with van der Waals surface area (Å²) in [6, 6.07) is 15.5. The van der Waals surface area contributed by atoms with E-state index >= 15 is 0 Å². The molecule has 162 valence electrons. The number of likely N-dealkylation sites (tertiary alicyclic amines) is 1. The summed E-state index contributed by atoms with van der Waals surface area (Å²) in [5.74, 6) is 0. The van der Waals surface area contributed by atoms with Crippen LogP contribution in [0.25, 0.3) is 0 Å². The van der Waals surface area contributed by atoms with Crippen LogP contribution in [-0.2, 0) is 6.54 Å². The van der Waals surface area contributed by atoms with E-state index in [0.29, 0.717) is 16.6 Å². The Kier molecular flexibility index (Phi) is 7.33. The minimum absolute atomic E-state index is 0.0178. The fourth-order valence-electron chi connectivity index (χ4n) is 4.50. The second-order valence-electron chi connectivity index (χ2n) is 8.96. The lowest BCUT2D eigenvalue weighted by atomic mass is 9.78. The van der Waals surface area contributed by atoms with E-state index in [1.807, 2.05) is 42.2 Å². The van der Waals surface area contributed by atoms with Gasteiger partial charge in [-0.25, -0.2) is 4.79 Å². The van der Waals surface area contributed by atoms with E-state index in [1.54, 1.807) is 6.07 Å². The number of nitrogens with one attached hydrogen (secondary N) is 1. The molecule has 1 N–H and O–H groups in total. The van der Waals surface area contributed by atoms with Gasteiger partial charge >= 0.3 is 6.03 Å². The first kappa shape index (κ1) is 22.9. The van der Waals surface area contributed by atoms with Crippen molar-refractivity contribution in [3.8, 4) is 0 Å². The third-order valence-corrected chi connectivity index (χ3v) is 6.82. The molecule has 1 aliphatic rings. The Hall–Kier alpha value is -1.75. The SMILES string of the molecule is CC(NC(=O)N(Cc1ccccc1)C1CCN(C)CC1(C)C)c1cccc(Cl)c1Cl. The summed E-state index contributed by atoms with van der Waals surface area (Å²) in [6.07, 6.45) is 0.941. The van der Waals surface area contributed by atoms with E-state index in [-0.39, 0.29) is 23.5 Å². The van der Waals surface area contributed by atoms with Gasteiger partial charge in [0.15, 0.2) is 0 Å². The van der Waals surface area contributed by atoms with Crippen molar-refractivity contribution in [2.24, 2.45) is 5.41 Å². The average molecular weight is 448 g/mol. The van der Waals surface area contributed by atoms with Crippen LogP contribution in [0.15, 0.2) is 48.5 Å². The third kappa shape index (κ3) is 5.29. The van der Waals surface area contributed by atoms with Crippen LogP contribution in [0, 0.1) is 5.41 Å². The Labute approximate surface area is 190 Å². The molecule has 0 saturated carbocycles. The van der Waals surface area contributed by atoms with Gasteiger partial charge in [-0.3, -0.25) is 0 Å². The summed E-state index contributed by atoms with van der Waals surface area (Å²) < 4.78 is 0. The summed E-state index contributed by atoms with van der Waals surface area (Å²) in [7, 11) is 2.14. The fourth-order valence-corrected chi connectivity index (χ4v) is 4.97. The summed E-state index contributed by atoms with van der Waals surface area (Å²) in [5.41, 5.74) is 1.92. The predicted molar refractivity (Wildman–Crippen MR) is 125 cm³/mol. The van der Waals surface area contributed by atoms with Gasteiger partial charge in [0.05, 0.1) is 16.1 Å². The molecule has 1 heterocycles. The molecule has 0 radical (unpaired) electrons. The molecule has 0 bridgehead atoms. The molecule has 2 atom stereocenters. The number of carbonyl (C=O) groups is 1. The smallest absolute Gasteiger partial charge is 0.318 e. The minimum atomic E-state index is -0.253. The number of urea groups is 1. The molecule has 4 nitrogen and oxygen atoms in total. The van der Waals surface area contributed by atoms with E-state index < -0.39 is 0 Å². The molecule has 2 aromatic carbocycles. The van der Waals surface area contributed by atoms with Crippen LogP contribution < -0.4 is 5.32 Å². The lowest BCUT2D eigenvalue weighted by Gasteiger charge is -2.48. The number of amides is 2. The Morgan fingerprint density at radius 1 is 1.20 bits per heavy atom. The topological polar surface area (TPSA) is 35.6 Å². The maximum atomic E-state index is 13.5. The van der Waals surface area contributed by atoms with E-state index in [4.69, 9.17) is 23.2 Å². The number of hydrogen-bond acceptors (Lipinski definition) is 2. The summed E-state index contributed by atoms with van der Waals surface area (Å²) >= 11 is 12.6. The van der Waals surface area contributed by atoms with E-state index in [0.717, 1.165) is 30.6 Å². The van der Waals surface area contributed by atoms with Crippen LogP contribution in [0.2, 0.25) is 10.0 Å². The molecule has 0 aromatic heterocycles. The third-order valence-electron chi connectivity index (χ3n) is 5.98. The van der Waals surface area contributed by atoms with Gasteiger partial charge in [0.1, 0.15) is 0 Å². The molecule has 0 aliphatic carbocycles. The quantitative estimate of drug-likeness (QED) is 0.609. The molecule has 30 heavy (non-hydrogen) atoms. The Morgan fingerprint density at radius 3 is 2.57 bits per heavy atom. The van der Waals surface area contributed by atoms with Crippen molar-refractivity contribution in [1.82, 2.24) is 15.1 Å². The molecular formula is C24H31Cl2N3O. The van der Waals surface area contributed by atoms with Crippen molar-refractivity contribution in [2.45, 2.75) is 45.8 Å². The van der Waals surface area contributed by atoms with Crippen LogP contribution in [0.3, 0.4) is 0 Å². The van der Waals surface area contributed by atoms with Crippen molar-refractivity contribution in [2.75, 3.05) is 20.1 Å². The molecule has 1 aliphatic heterocycles. The Morgan fingerprint density at radius 2 is 1.90 bits per heavy atom. The van der Waals surface area contributed by atoms with Crippen molar-refractivity contribution in [3.05, 3.63) is 69.7 Å². The standard InChI is InChI=1S/C24H31Cl2N3O/c1-17(19-11-8-12-20(25)22(19)26)27-23(30)29(15-18-9-6-5-7-10-18)21-13-14-28(4)16-24(21,2)3/h5-12,17,21H,13-16H2,1-4H3,(H,27,30). The number of nitrogens with zero attached hydrogens (tertiary/aromatic N) is 2. The molecule has 2 amide bonds.